The minimum atomic E-state index is 0.174. The molecule has 0 saturated carbocycles. The first kappa shape index (κ1) is 11.7. The Balaban J connectivity index is 2.14. The molecule has 1 saturated heterocycles. The van der Waals surface area contributed by atoms with Crippen molar-refractivity contribution < 1.29 is 0 Å². The van der Waals surface area contributed by atoms with Crippen LogP contribution in [0.2, 0.25) is 0 Å². The monoisotopic (exact) mass is 244 g/mol. The fourth-order valence-corrected chi connectivity index (χ4v) is 3.12. The third-order valence-electron chi connectivity index (χ3n) is 4.25. The van der Waals surface area contributed by atoms with Crippen molar-refractivity contribution in [3.63, 3.8) is 0 Å². The van der Waals surface area contributed by atoms with E-state index in [1.54, 1.807) is 0 Å². The van der Waals surface area contributed by atoms with Gasteiger partial charge in [-0.1, -0.05) is 6.92 Å². The minimum Gasteiger partial charge on any atom is -0.316 e. The molecule has 1 N–H and O–H groups in total. The molecule has 1 aliphatic rings. The Morgan fingerprint density at radius 2 is 2.39 bits per heavy atom. The number of nitrogens with zero attached hydrogens (tertiary/aromatic N) is 3. The SMILES string of the molecule is CCC1(c2nc3cccnc3n2C)CCCNC1. The molecule has 3 rings (SSSR count). The normalized spacial score (nSPS) is 24.6. The zero-order valence-corrected chi connectivity index (χ0v) is 11.1. The molecule has 0 amide bonds. The molecule has 0 bridgehead atoms. The number of imidazole rings is 1. The number of hydrogen-bond acceptors (Lipinski definition) is 3. The lowest BCUT2D eigenvalue weighted by Crippen LogP contribution is -2.44. The third kappa shape index (κ3) is 1.63. The second-order valence-electron chi connectivity index (χ2n) is 5.25. The molecule has 4 nitrogen and oxygen atoms in total. The highest BCUT2D eigenvalue weighted by Gasteiger charge is 2.36. The average Bonchev–Trinajstić information content (AvgIpc) is 2.78. The van der Waals surface area contributed by atoms with Gasteiger partial charge in [0.05, 0.1) is 0 Å². The molecular weight excluding hydrogens is 224 g/mol. The summed E-state index contributed by atoms with van der Waals surface area (Å²) >= 11 is 0. The molecule has 4 heteroatoms. The fraction of sp³-hybridized carbons (Fsp3) is 0.571. The zero-order valence-electron chi connectivity index (χ0n) is 11.1. The van der Waals surface area contributed by atoms with E-state index < -0.39 is 0 Å². The molecule has 0 aromatic carbocycles. The molecule has 1 atom stereocenters. The molecule has 0 radical (unpaired) electrons. The first-order valence-electron chi connectivity index (χ1n) is 6.75. The van der Waals surface area contributed by atoms with Gasteiger partial charge >= 0.3 is 0 Å². The first-order valence-corrected chi connectivity index (χ1v) is 6.75. The number of hydrogen-bond donors (Lipinski definition) is 1. The van der Waals surface area contributed by atoms with Crippen LogP contribution in [0.3, 0.4) is 0 Å². The Bertz CT molecular complexity index is 552. The maximum absolute atomic E-state index is 4.84. The molecule has 1 unspecified atom stereocenters. The summed E-state index contributed by atoms with van der Waals surface area (Å²) in [6, 6.07) is 4.00. The molecule has 2 aromatic heterocycles. The third-order valence-corrected chi connectivity index (χ3v) is 4.25. The van der Waals surface area contributed by atoms with Gasteiger partial charge in [0, 0.05) is 25.2 Å². The van der Waals surface area contributed by atoms with Gasteiger partial charge in [-0.3, -0.25) is 0 Å². The van der Waals surface area contributed by atoms with Crippen LogP contribution < -0.4 is 5.32 Å². The molecule has 2 aromatic rings. The van der Waals surface area contributed by atoms with Gasteiger partial charge in [-0.15, -0.1) is 0 Å². The van der Waals surface area contributed by atoms with Crippen LogP contribution in [0.1, 0.15) is 32.0 Å². The van der Waals surface area contributed by atoms with Crippen molar-refractivity contribution in [2.24, 2.45) is 7.05 Å². The number of piperidine rings is 1. The standard InChI is InChI=1S/C14H20N4/c1-3-14(7-5-8-15-10-14)13-17-11-6-4-9-16-12(11)18(13)2/h4,6,9,15H,3,5,7-8,10H2,1-2H3. The second kappa shape index (κ2) is 4.35. The Kier molecular flexibility index (Phi) is 2.82. The number of rotatable bonds is 2. The Labute approximate surface area is 107 Å². The minimum absolute atomic E-state index is 0.174. The lowest BCUT2D eigenvalue weighted by atomic mass is 9.77. The maximum Gasteiger partial charge on any atom is 0.159 e. The predicted octanol–water partition coefficient (Wildman–Crippen LogP) is 2.00. The van der Waals surface area contributed by atoms with Crippen molar-refractivity contribution in [2.45, 2.75) is 31.6 Å². The van der Waals surface area contributed by atoms with Crippen LogP contribution in [0.25, 0.3) is 11.2 Å². The lowest BCUT2D eigenvalue weighted by Gasteiger charge is -2.36. The van der Waals surface area contributed by atoms with Gasteiger partial charge in [0.15, 0.2) is 5.65 Å². The lowest BCUT2D eigenvalue weighted by molar-refractivity contribution is 0.282. The number of fused-ring (bicyclic) bond motifs is 1. The fourth-order valence-electron chi connectivity index (χ4n) is 3.12. The summed E-state index contributed by atoms with van der Waals surface area (Å²) in [4.78, 5) is 9.28. The molecular formula is C14H20N4. The van der Waals surface area contributed by atoms with Crippen LogP contribution in [-0.2, 0) is 12.5 Å². The van der Waals surface area contributed by atoms with Crippen LogP contribution >= 0.6 is 0 Å². The summed E-state index contributed by atoms with van der Waals surface area (Å²) in [5.41, 5.74) is 2.17. The smallest absolute Gasteiger partial charge is 0.159 e. The second-order valence-corrected chi connectivity index (χ2v) is 5.25. The summed E-state index contributed by atoms with van der Waals surface area (Å²) < 4.78 is 2.17. The van der Waals surface area contributed by atoms with Gasteiger partial charge in [-0.25, -0.2) is 9.97 Å². The summed E-state index contributed by atoms with van der Waals surface area (Å²) in [5, 5.41) is 3.52. The van der Waals surface area contributed by atoms with Crippen LogP contribution in [0, 0.1) is 0 Å². The van der Waals surface area contributed by atoms with Crippen molar-refractivity contribution in [1.82, 2.24) is 19.9 Å². The van der Waals surface area contributed by atoms with Crippen molar-refractivity contribution in [3.05, 3.63) is 24.2 Å². The summed E-state index contributed by atoms with van der Waals surface area (Å²) in [6.07, 6.45) is 5.40. The molecule has 1 fully saturated rings. The molecule has 0 spiro atoms. The van der Waals surface area contributed by atoms with Crippen LogP contribution in [0.4, 0.5) is 0 Å². The van der Waals surface area contributed by atoms with E-state index in [-0.39, 0.29) is 5.41 Å². The van der Waals surface area contributed by atoms with E-state index in [4.69, 9.17) is 4.98 Å². The molecule has 0 aliphatic carbocycles. The Morgan fingerprint density at radius 3 is 3.06 bits per heavy atom. The highest BCUT2D eigenvalue weighted by atomic mass is 15.1. The van der Waals surface area contributed by atoms with Gasteiger partial charge in [0.25, 0.3) is 0 Å². The summed E-state index contributed by atoms with van der Waals surface area (Å²) in [5.74, 6) is 1.19. The summed E-state index contributed by atoms with van der Waals surface area (Å²) in [6.45, 7) is 4.42. The average molecular weight is 244 g/mol. The Hall–Kier alpha value is -1.42. The van der Waals surface area contributed by atoms with Gasteiger partial charge < -0.3 is 9.88 Å². The van der Waals surface area contributed by atoms with Gasteiger partial charge in [-0.2, -0.15) is 0 Å². The highest BCUT2D eigenvalue weighted by molar-refractivity contribution is 5.71. The zero-order chi connectivity index (χ0) is 12.6. The largest absolute Gasteiger partial charge is 0.316 e. The first-order chi connectivity index (χ1) is 8.77. The quantitative estimate of drug-likeness (QED) is 0.878. The van der Waals surface area contributed by atoms with Gasteiger partial charge in [0.1, 0.15) is 11.3 Å². The Morgan fingerprint density at radius 1 is 1.50 bits per heavy atom. The topological polar surface area (TPSA) is 42.7 Å². The molecule has 3 heterocycles. The van der Waals surface area contributed by atoms with Crippen LogP contribution in [0.15, 0.2) is 18.3 Å². The summed E-state index contributed by atoms with van der Waals surface area (Å²) in [7, 11) is 2.09. The van der Waals surface area contributed by atoms with E-state index in [2.05, 4.69) is 28.8 Å². The molecule has 1 aliphatic heterocycles. The number of aryl methyl sites for hydroxylation is 1. The van der Waals surface area contributed by atoms with Crippen molar-refractivity contribution in [1.29, 1.82) is 0 Å². The van der Waals surface area contributed by atoms with Crippen molar-refractivity contribution >= 4 is 11.2 Å². The van der Waals surface area contributed by atoms with E-state index >= 15 is 0 Å². The number of nitrogens with one attached hydrogen (secondary N) is 1. The van der Waals surface area contributed by atoms with E-state index in [0.29, 0.717) is 0 Å². The van der Waals surface area contributed by atoms with E-state index in [1.807, 2.05) is 18.3 Å². The van der Waals surface area contributed by atoms with Crippen molar-refractivity contribution in [2.75, 3.05) is 13.1 Å². The van der Waals surface area contributed by atoms with E-state index in [1.165, 1.54) is 18.7 Å². The van der Waals surface area contributed by atoms with E-state index in [0.717, 1.165) is 30.7 Å². The van der Waals surface area contributed by atoms with Gasteiger partial charge in [0.2, 0.25) is 0 Å². The predicted molar refractivity (Wildman–Crippen MR) is 72.6 cm³/mol. The van der Waals surface area contributed by atoms with E-state index in [9.17, 15) is 0 Å². The van der Waals surface area contributed by atoms with Crippen LogP contribution in [0.5, 0.6) is 0 Å². The highest BCUT2D eigenvalue weighted by Crippen LogP contribution is 2.34. The number of aromatic nitrogens is 3. The molecule has 18 heavy (non-hydrogen) atoms. The number of pyridine rings is 1. The molecule has 96 valence electrons. The van der Waals surface area contributed by atoms with Crippen molar-refractivity contribution in [3.8, 4) is 0 Å². The van der Waals surface area contributed by atoms with Crippen LogP contribution in [-0.4, -0.2) is 27.6 Å². The maximum atomic E-state index is 4.84. The van der Waals surface area contributed by atoms with Gasteiger partial charge in [-0.05, 0) is 37.9 Å².